The number of halogens is 1. The fraction of sp³-hybridized carbons (Fsp3) is 0.267. The molecule has 0 aliphatic carbocycles. The number of hydrogen-bond donors (Lipinski definition) is 1. The van der Waals surface area contributed by atoms with Crippen LogP contribution in [0.2, 0.25) is 0 Å². The largest absolute Gasteiger partial charge is 0.368 e. The Bertz CT molecular complexity index is 682. The van der Waals surface area contributed by atoms with Crippen LogP contribution in [0.4, 0.5) is 11.5 Å². The highest BCUT2D eigenvalue weighted by molar-refractivity contribution is 9.10. The molecule has 1 saturated heterocycles. The van der Waals surface area contributed by atoms with Crippen molar-refractivity contribution < 1.29 is 0 Å². The monoisotopic (exact) mass is 343 g/mol. The molecule has 0 bridgehead atoms. The lowest BCUT2D eigenvalue weighted by Crippen LogP contribution is -2.27. The molecule has 6 heteroatoms. The molecule has 106 valence electrons. The zero-order chi connectivity index (χ0) is 14.7. The van der Waals surface area contributed by atoms with Crippen molar-refractivity contribution in [3.63, 3.8) is 0 Å². The highest BCUT2D eigenvalue weighted by Crippen LogP contribution is 2.29. The molecule has 1 atom stereocenters. The van der Waals surface area contributed by atoms with E-state index in [0.717, 1.165) is 24.0 Å². The summed E-state index contributed by atoms with van der Waals surface area (Å²) >= 11 is 3.59. The highest BCUT2D eigenvalue weighted by atomic mass is 79.9. The second-order valence-corrected chi connectivity index (χ2v) is 5.75. The second-order valence-electron chi connectivity index (χ2n) is 4.89. The molecular weight excluding hydrogens is 330 g/mol. The lowest BCUT2D eigenvalue weighted by Gasteiger charge is -2.20. The number of rotatable bonds is 3. The van der Waals surface area contributed by atoms with Crippen molar-refractivity contribution >= 4 is 27.4 Å². The molecule has 1 aromatic heterocycles. The number of nitrogens with zero attached hydrogens (tertiary/aromatic N) is 4. The molecule has 2 aromatic rings. The number of anilines is 2. The fourth-order valence-corrected chi connectivity index (χ4v) is 3.06. The average molecular weight is 344 g/mol. The maximum atomic E-state index is 9.05. The van der Waals surface area contributed by atoms with Crippen molar-refractivity contribution in [3.8, 4) is 6.07 Å². The number of benzene rings is 1. The minimum atomic E-state index is 0.265. The van der Waals surface area contributed by atoms with Crippen molar-refractivity contribution in [2.24, 2.45) is 0 Å². The Morgan fingerprint density at radius 2 is 2.10 bits per heavy atom. The van der Waals surface area contributed by atoms with Crippen LogP contribution in [-0.2, 0) is 0 Å². The molecule has 0 radical (unpaired) electrons. The maximum Gasteiger partial charge on any atom is 0.182 e. The van der Waals surface area contributed by atoms with Gasteiger partial charge in [-0.15, -0.1) is 0 Å². The summed E-state index contributed by atoms with van der Waals surface area (Å²) < 4.78 is 1.10. The molecule has 1 aliphatic rings. The molecule has 0 amide bonds. The number of para-hydroxylation sites is 1. The Morgan fingerprint density at radius 1 is 1.29 bits per heavy atom. The molecule has 1 fully saturated rings. The van der Waals surface area contributed by atoms with Crippen LogP contribution >= 0.6 is 15.9 Å². The molecule has 2 heterocycles. The summed E-state index contributed by atoms with van der Waals surface area (Å²) in [6.45, 7) is 1.85. The van der Waals surface area contributed by atoms with Crippen LogP contribution < -0.4 is 10.2 Å². The van der Waals surface area contributed by atoms with Gasteiger partial charge in [0.1, 0.15) is 6.07 Å². The minimum absolute atomic E-state index is 0.265. The molecule has 21 heavy (non-hydrogen) atoms. The van der Waals surface area contributed by atoms with Gasteiger partial charge in [-0.25, -0.2) is 9.97 Å². The van der Waals surface area contributed by atoms with Gasteiger partial charge >= 0.3 is 0 Å². The van der Waals surface area contributed by atoms with Gasteiger partial charge < -0.3 is 10.2 Å². The van der Waals surface area contributed by atoms with Crippen LogP contribution in [0, 0.1) is 11.3 Å². The van der Waals surface area contributed by atoms with E-state index in [0.29, 0.717) is 11.5 Å². The predicted molar refractivity (Wildman–Crippen MR) is 85.1 cm³/mol. The van der Waals surface area contributed by atoms with Gasteiger partial charge in [-0.2, -0.15) is 5.26 Å². The van der Waals surface area contributed by atoms with Gasteiger partial charge in [0.2, 0.25) is 0 Å². The summed E-state index contributed by atoms with van der Waals surface area (Å²) in [4.78, 5) is 10.6. The quantitative estimate of drug-likeness (QED) is 0.928. The van der Waals surface area contributed by atoms with Gasteiger partial charge in [0, 0.05) is 36.0 Å². The van der Waals surface area contributed by atoms with Crippen molar-refractivity contribution in [2.75, 3.05) is 23.3 Å². The van der Waals surface area contributed by atoms with Gasteiger partial charge in [-0.3, -0.25) is 0 Å². The zero-order valence-corrected chi connectivity index (χ0v) is 12.9. The number of nitrogens with one attached hydrogen (secondary N) is 1. The van der Waals surface area contributed by atoms with Gasteiger partial charge in [0.25, 0.3) is 0 Å². The SMILES string of the molecule is N#Cc1nccnc1N[C@@H]1CCN(c2ccccc2Br)C1. The normalized spacial score (nSPS) is 17.5. The molecule has 3 rings (SSSR count). The number of aromatic nitrogens is 2. The molecule has 5 nitrogen and oxygen atoms in total. The average Bonchev–Trinajstić information content (AvgIpc) is 2.96. The Hall–Kier alpha value is -2.13. The first-order chi connectivity index (χ1) is 10.3. The first-order valence-electron chi connectivity index (χ1n) is 6.75. The third kappa shape index (κ3) is 2.98. The van der Waals surface area contributed by atoms with Crippen molar-refractivity contribution in [1.82, 2.24) is 9.97 Å². The van der Waals surface area contributed by atoms with Gasteiger partial charge in [-0.1, -0.05) is 12.1 Å². The Morgan fingerprint density at radius 3 is 2.90 bits per heavy atom. The van der Waals surface area contributed by atoms with Crippen LogP contribution in [0.15, 0.2) is 41.1 Å². The molecule has 1 aromatic carbocycles. The van der Waals surface area contributed by atoms with E-state index >= 15 is 0 Å². The third-order valence-electron chi connectivity index (χ3n) is 3.53. The number of nitriles is 1. The van der Waals surface area contributed by atoms with Crippen LogP contribution in [0.5, 0.6) is 0 Å². The molecule has 0 saturated carbocycles. The summed E-state index contributed by atoms with van der Waals surface area (Å²) in [6.07, 6.45) is 4.14. The van der Waals surface area contributed by atoms with Crippen molar-refractivity contribution in [1.29, 1.82) is 5.26 Å². The van der Waals surface area contributed by atoms with Crippen LogP contribution in [0.3, 0.4) is 0 Å². The predicted octanol–water partition coefficient (Wildman–Crippen LogP) is 2.80. The molecule has 1 aliphatic heterocycles. The van der Waals surface area contributed by atoms with E-state index in [4.69, 9.17) is 5.26 Å². The molecular formula is C15H14BrN5. The standard InChI is InChI=1S/C15H14BrN5/c16-12-3-1-2-4-14(12)21-8-5-11(10-21)20-15-13(9-17)18-6-7-19-15/h1-4,6-7,11H,5,8,10H2,(H,19,20)/t11-/m1/s1. The fourth-order valence-electron chi connectivity index (χ4n) is 2.52. The molecule has 0 unspecified atom stereocenters. The maximum absolute atomic E-state index is 9.05. The summed E-state index contributed by atoms with van der Waals surface area (Å²) in [5.41, 5.74) is 1.54. The van der Waals surface area contributed by atoms with Crippen LogP contribution in [-0.4, -0.2) is 29.1 Å². The van der Waals surface area contributed by atoms with Crippen LogP contribution in [0.25, 0.3) is 0 Å². The Balaban J connectivity index is 1.71. The lowest BCUT2D eigenvalue weighted by molar-refractivity contribution is 0.798. The zero-order valence-electron chi connectivity index (χ0n) is 11.3. The van der Waals surface area contributed by atoms with E-state index in [9.17, 15) is 0 Å². The summed E-state index contributed by atoms with van der Waals surface area (Å²) in [5, 5.41) is 12.4. The third-order valence-corrected chi connectivity index (χ3v) is 4.20. The summed E-state index contributed by atoms with van der Waals surface area (Å²) in [6, 6.07) is 10.5. The summed E-state index contributed by atoms with van der Waals surface area (Å²) in [5.74, 6) is 0.568. The van der Waals surface area contributed by atoms with E-state index in [1.165, 1.54) is 11.9 Å². The highest BCUT2D eigenvalue weighted by Gasteiger charge is 2.24. The minimum Gasteiger partial charge on any atom is -0.368 e. The van der Waals surface area contributed by atoms with Gasteiger partial charge in [-0.05, 0) is 34.5 Å². The van der Waals surface area contributed by atoms with Crippen molar-refractivity contribution in [3.05, 3.63) is 46.8 Å². The molecule has 1 N–H and O–H groups in total. The summed E-state index contributed by atoms with van der Waals surface area (Å²) in [7, 11) is 0. The van der Waals surface area contributed by atoms with Crippen LogP contribution in [0.1, 0.15) is 12.1 Å². The number of hydrogen-bond acceptors (Lipinski definition) is 5. The smallest absolute Gasteiger partial charge is 0.182 e. The topological polar surface area (TPSA) is 64.8 Å². The first kappa shape index (κ1) is 13.8. The van der Waals surface area contributed by atoms with E-state index in [2.05, 4.69) is 48.3 Å². The Kier molecular flexibility index (Phi) is 4.02. The van der Waals surface area contributed by atoms with Gasteiger partial charge in [0.05, 0.1) is 5.69 Å². The van der Waals surface area contributed by atoms with E-state index in [1.54, 1.807) is 6.20 Å². The first-order valence-corrected chi connectivity index (χ1v) is 7.54. The second kappa shape index (κ2) is 6.10. The van der Waals surface area contributed by atoms with Gasteiger partial charge in [0.15, 0.2) is 11.5 Å². The molecule has 0 spiro atoms. The van der Waals surface area contributed by atoms with E-state index < -0.39 is 0 Å². The van der Waals surface area contributed by atoms with E-state index in [-0.39, 0.29) is 6.04 Å². The lowest BCUT2D eigenvalue weighted by atomic mass is 10.2. The van der Waals surface area contributed by atoms with Crippen molar-refractivity contribution in [2.45, 2.75) is 12.5 Å². The Labute approximate surface area is 131 Å². The van der Waals surface area contributed by atoms with E-state index in [1.807, 2.05) is 18.2 Å².